The number of carbonyl (C=O) groups excluding carboxylic acids is 1. The summed E-state index contributed by atoms with van der Waals surface area (Å²) in [6.45, 7) is 7.72. The van der Waals surface area contributed by atoms with Crippen LogP contribution >= 0.6 is 0 Å². The molecule has 3 heteroatoms. The van der Waals surface area contributed by atoms with Gasteiger partial charge in [-0.1, -0.05) is 48.0 Å². The normalized spacial score (nSPS) is 17.0. The molecule has 0 bridgehead atoms. The number of benzene rings is 2. The second-order valence-corrected chi connectivity index (χ2v) is 6.28. The van der Waals surface area contributed by atoms with Crippen molar-refractivity contribution in [2.45, 2.75) is 19.9 Å². The third kappa shape index (κ3) is 3.62. The van der Waals surface area contributed by atoms with Crippen LogP contribution in [0.4, 0.5) is 0 Å². The molecule has 3 rings (SSSR count). The van der Waals surface area contributed by atoms with E-state index in [-0.39, 0.29) is 5.91 Å². The highest BCUT2D eigenvalue weighted by Gasteiger charge is 2.25. The number of hydrogen-bond acceptors (Lipinski definition) is 2. The molecule has 1 aliphatic rings. The fraction of sp³-hybridized carbons (Fsp3) is 0.350. The number of amides is 1. The van der Waals surface area contributed by atoms with E-state index in [9.17, 15) is 4.79 Å². The zero-order chi connectivity index (χ0) is 16.2. The molecule has 1 unspecified atom stereocenters. The Bertz CT molecular complexity index is 643. The Morgan fingerprint density at radius 2 is 1.52 bits per heavy atom. The van der Waals surface area contributed by atoms with E-state index in [1.807, 2.05) is 42.2 Å². The summed E-state index contributed by atoms with van der Waals surface area (Å²) in [7, 11) is 0. The number of nitrogens with zero attached hydrogens (tertiary/aromatic N) is 2. The molecule has 1 fully saturated rings. The van der Waals surface area contributed by atoms with E-state index in [0.29, 0.717) is 6.04 Å². The van der Waals surface area contributed by atoms with Gasteiger partial charge < -0.3 is 4.90 Å². The summed E-state index contributed by atoms with van der Waals surface area (Å²) in [5, 5.41) is 0. The fourth-order valence-corrected chi connectivity index (χ4v) is 3.13. The van der Waals surface area contributed by atoms with Gasteiger partial charge in [-0.25, -0.2) is 0 Å². The standard InChI is InChI=1S/C20H24N2O/c1-16-8-10-19(11-9-16)20(23)22-14-12-21(13-15-22)17(2)18-6-4-3-5-7-18/h3-11,17H,12-15H2,1-2H3. The maximum absolute atomic E-state index is 12.6. The molecule has 1 aliphatic heterocycles. The van der Waals surface area contributed by atoms with Crippen LogP contribution in [0.2, 0.25) is 0 Å². The average molecular weight is 308 g/mol. The highest BCUT2D eigenvalue weighted by atomic mass is 16.2. The van der Waals surface area contributed by atoms with Crippen molar-refractivity contribution in [1.82, 2.24) is 9.80 Å². The maximum Gasteiger partial charge on any atom is 0.253 e. The van der Waals surface area contributed by atoms with Gasteiger partial charge in [0.05, 0.1) is 0 Å². The van der Waals surface area contributed by atoms with Gasteiger partial charge in [-0.15, -0.1) is 0 Å². The van der Waals surface area contributed by atoms with Gasteiger partial charge in [-0.3, -0.25) is 9.69 Å². The Labute approximate surface area is 138 Å². The van der Waals surface area contributed by atoms with Crippen molar-refractivity contribution in [3.05, 3.63) is 71.3 Å². The summed E-state index contributed by atoms with van der Waals surface area (Å²) in [5.41, 5.74) is 3.31. The number of aryl methyl sites for hydroxylation is 1. The molecule has 3 nitrogen and oxygen atoms in total. The monoisotopic (exact) mass is 308 g/mol. The first-order valence-electron chi connectivity index (χ1n) is 8.30. The largest absolute Gasteiger partial charge is 0.336 e. The van der Waals surface area contributed by atoms with E-state index in [4.69, 9.17) is 0 Å². The van der Waals surface area contributed by atoms with Gasteiger partial charge in [0.1, 0.15) is 0 Å². The predicted octanol–water partition coefficient (Wildman–Crippen LogP) is 3.51. The minimum atomic E-state index is 0.150. The lowest BCUT2D eigenvalue weighted by atomic mass is 10.1. The Morgan fingerprint density at radius 3 is 2.13 bits per heavy atom. The molecule has 0 N–H and O–H groups in total. The van der Waals surface area contributed by atoms with Gasteiger partial charge in [-0.05, 0) is 31.5 Å². The van der Waals surface area contributed by atoms with Crippen molar-refractivity contribution in [3.8, 4) is 0 Å². The minimum Gasteiger partial charge on any atom is -0.336 e. The molecule has 0 aliphatic carbocycles. The molecular weight excluding hydrogens is 284 g/mol. The van der Waals surface area contributed by atoms with Crippen molar-refractivity contribution in [2.24, 2.45) is 0 Å². The van der Waals surface area contributed by atoms with Gasteiger partial charge in [0.15, 0.2) is 0 Å². The van der Waals surface area contributed by atoms with Crippen LogP contribution in [0.1, 0.15) is 34.5 Å². The van der Waals surface area contributed by atoms with Gasteiger partial charge in [0.2, 0.25) is 0 Å². The number of carbonyl (C=O) groups is 1. The zero-order valence-corrected chi connectivity index (χ0v) is 13.9. The first kappa shape index (κ1) is 15.8. The zero-order valence-electron chi connectivity index (χ0n) is 13.9. The van der Waals surface area contributed by atoms with Crippen LogP contribution in [0.15, 0.2) is 54.6 Å². The molecule has 1 heterocycles. The Balaban J connectivity index is 1.60. The molecule has 0 saturated carbocycles. The van der Waals surface area contributed by atoms with Crippen molar-refractivity contribution in [1.29, 1.82) is 0 Å². The van der Waals surface area contributed by atoms with E-state index in [1.165, 1.54) is 11.1 Å². The topological polar surface area (TPSA) is 23.6 Å². The van der Waals surface area contributed by atoms with Gasteiger partial charge in [0, 0.05) is 37.8 Å². The summed E-state index contributed by atoms with van der Waals surface area (Å²) in [5.74, 6) is 0.150. The van der Waals surface area contributed by atoms with Crippen molar-refractivity contribution < 1.29 is 4.79 Å². The summed E-state index contributed by atoms with van der Waals surface area (Å²) in [6, 6.07) is 18.8. The van der Waals surface area contributed by atoms with Crippen molar-refractivity contribution >= 4 is 5.91 Å². The lowest BCUT2D eigenvalue weighted by molar-refractivity contribution is 0.0582. The van der Waals surface area contributed by atoms with Crippen molar-refractivity contribution in [2.75, 3.05) is 26.2 Å². The van der Waals surface area contributed by atoms with Gasteiger partial charge in [-0.2, -0.15) is 0 Å². The van der Waals surface area contributed by atoms with Crippen molar-refractivity contribution in [3.63, 3.8) is 0 Å². The smallest absolute Gasteiger partial charge is 0.253 e. The minimum absolute atomic E-state index is 0.150. The SMILES string of the molecule is Cc1ccc(C(=O)N2CCN(C(C)c3ccccc3)CC2)cc1. The number of piperazine rings is 1. The van der Waals surface area contributed by atoms with E-state index in [0.717, 1.165) is 31.7 Å². The Kier molecular flexibility index (Phi) is 4.77. The van der Waals surface area contributed by atoms with E-state index in [2.05, 4.69) is 36.1 Å². The molecule has 2 aromatic rings. The van der Waals surface area contributed by atoms with Crippen LogP contribution in [-0.4, -0.2) is 41.9 Å². The van der Waals surface area contributed by atoms with Crippen LogP contribution < -0.4 is 0 Å². The molecule has 1 saturated heterocycles. The van der Waals surface area contributed by atoms with Crippen LogP contribution in [0, 0.1) is 6.92 Å². The molecule has 1 atom stereocenters. The first-order chi connectivity index (χ1) is 11.1. The molecule has 0 spiro atoms. The molecule has 2 aromatic carbocycles. The maximum atomic E-state index is 12.6. The highest BCUT2D eigenvalue weighted by Crippen LogP contribution is 2.21. The second kappa shape index (κ2) is 6.97. The lowest BCUT2D eigenvalue weighted by Gasteiger charge is -2.38. The van der Waals surface area contributed by atoms with Gasteiger partial charge >= 0.3 is 0 Å². The molecule has 1 amide bonds. The summed E-state index contributed by atoms with van der Waals surface area (Å²) < 4.78 is 0. The molecule has 23 heavy (non-hydrogen) atoms. The van der Waals surface area contributed by atoms with Gasteiger partial charge in [0.25, 0.3) is 5.91 Å². The summed E-state index contributed by atoms with van der Waals surface area (Å²) in [4.78, 5) is 17.0. The van der Waals surface area contributed by atoms with Crippen LogP contribution in [-0.2, 0) is 0 Å². The highest BCUT2D eigenvalue weighted by molar-refractivity contribution is 5.94. The lowest BCUT2D eigenvalue weighted by Crippen LogP contribution is -2.49. The Hall–Kier alpha value is -2.13. The molecular formula is C20H24N2O. The van der Waals surface area contributed by atoms with E-state index in [1.54, 1.807) is 0 Å². The third-order valence-corrected chi connectivity index (χ3v) is 4.73. The molecule has 0 radical (unpaired) electrons. The second-order valence-electron chi connectivity index (χ2n) is 6.28. The summed E-state index contributed by atoms with van der Waals surface area (Å²) in [6.07, 6.45) is 0. The quantitative estimate of drug-likeness (QED) is 0.866. The third-order valence-electron chi connectivity index (χ3n) is 4.73. The predicted molar refractivity (Wildman–Crippen MR) is 93.5 cm³/mol. The first-order valence-corrected chi connectivity index (χ1v) is 8.30. The van der Waals surface area contributed by atoms with E-state index >= 15 is 0 Å². The fourth-order valence-electron chi connectivity index (χ4n) is 3.13. The molecule has 120 valence electrons. The van der Waals surface area contributed by atoms with Crippen LogP contribution in [0.25, 0.3) is 0 Å². The molecule has 0 aromatic heterocycles. The van der Waals surface area contributed by atoms with Crippen LogP contribution in [0.5, 0.6) is 0 Å². The van der Waals surface area contributed by atoms with Crippen LogP contribution in [0.3, 0.4) is 0 Å². The number of hydrogen-bond donors (Lipinski definition) is 0. The summed E-state index contributed by atoms with van der Waals surface area (Å²) >= 11 is 0. The average Bonchev–Trinajstić information content (AvgIpc) is 2.62. The number of rotatable bonds is 3. The Morgan fingerprint density at radius 1 is 0.913 bits per heavy atom. The van der Waals surface area contributed by atoms with E-state index < -0.39 is 0 Å².